The van der Waals surface area contributed by atoms with E-state index in [4.69, 9.17) is 0 Å². The first kappa shape index (κ1) is 14.8. The molecule has 0 radical (unpaired) electrons. The topological polar surface area (TPSA) is 24.4 Å². The molecule has 0 amide bonds. The number of anilines is 1. The van der Waals surface area contributed by atoms with Crippen molar-refractivity contribution >= 4 is 38.5 Å². The lowest BCUT2D eigenvalue weighted by Crippen LogP contribution is -2.24. The number of rotatable bonds is 3. The first-order valence-corrected chi connectivity index (χ1v) is 7.92. The second kappa shape index (κ2) is 5.79. The molecule has 0 saturated carbocycles. The van der Waals surface area contributed by atoms with E-state index in [1.54, 1.807) is 11.8 Å². The average Bonchev–Trinajstić information content (AvgIpc) is 2.80. The van der Waals surface area contributed by atoms with Gasteiger partial charge in [0.2, 0.25) is 0 Å². The van der Waals surface area contributed by atoms with Crippen molar-refractivity contribution in [2.45, 2.75) is 32.2 Å². The van der Waals surface area contributed by atoms with Crippen molar-refractivity contribution in [2.24, 2.45) is 4.99 Å². The molecule has 1 aliphatic heterocycles. The van der Waals surface area contributed by atoms with Crippen LogP contribution in [0.15, 0.2) is 21.6 Å². The lowest BCUT2D eigenvalue weighted by atomic mass is 9.97. The van der Waals surface area contributed by atoms with Crippen molar-refractivity contribution in [3.8, 4) is 0 Å². The smallest absolute Gasteiger partial charge is 0.161 e. The SMILES string of the molecule is CCC1(CC)CSC(Nc2cc(F)c(Br)cc2F)=N1. The highest BCUT2D eigenvalue weighted by Crippen LogP contribution is 2.34. The van der Waals surface area contributed by atoms with Gasteiger partial charge in [0, 0.05) is 11.8 Å². The summed E-state index contributed by atoms with van der Waals surface area (Å²) in [7, 11) is 0. The second-order valence-electron chi connectivity index (χ2n) is 4.51. The van der Waals surface area contributed by atoms with Crippen LogP contribution in [0.25, 0.3) is 0 Å². The number of halogens is 3. The summed E-state index contributed by atoms with van der Waals surface area (Å²) in [4.78, 5) is 4.61. The summed E-state index contributed by atoms with van der Waals surface area (Å²) >= 11 is 4.51. The molecule has 0 fully saturated rings. The summed E-state index contributed by atoms with van der Waals surface area (Å²) in [6, 6.07) is 2.26. The zero-order valence-corrected chi connectivity index (χ0v) is 13.2. The standard InChI is InChI=1S/C13H15BrF2N2S/c1-3-13(4-2)7-19-12(18-13)17-11-6-9(15)8(14)5-10(11)16/h5-6H,3-4,7H2,1-2H3,(H,17,18). The molecular formula is C13H15BrF2N2S. The van der Waals surface area contributed by atoms with Crippen molar-refractivity contribution in [3.63, 3.8) is 0 Å². The van der Waals surface area contributed by atoms with Gasteiger partial charge in [-0.2, -0.15) is 0 Å². The third-order valence-electron chi connectivity index (χ3n) is 3.38. The van der Waals surface area contributed by atoms with Gasteiger partial charge in [-0.05, 0) is 34.8 Å². The van der Waals surface area contributed by atoms with Crippen LogP contribution in [0.5, 0.6) is 0 Å². The molecule has 2 rings (SSSR count). The first-order valence-electron chi connectivity index (χ1n) is 6.14. The van der Waals surface area contributed by atoms with Gasteiger partial charge in [-0.3, -0.25) is 4.99 Å². The maximum Gasteiger partial charge on any atom is 0.161 e. The Morgan fingerprint density at radius 2 is 2.00 bits per heavy atom. The van der Waals surface area contributed by atoms with Gasteiger partial charge in [0.15, 0.2) is 5.17 Å². The Morgan fingerprint density at radius 3 is 2.58 bits per heavy atom. The third-order valence-corrected chi connectivity index (χ3v) is 5.14. The molecule has 1 N–H and O–H groups in total. The Balaban J connectivity index is 2.21. The van der Waals surface area contributed by atoms with E-state index >= 15 is 0 Å². The van der Waals surface area contributed by atoms with Crippen molar-refractivity contribution in [2.75, 3.05) is 11.1 Å². The Morgan fingerprint density at radius 1 is 1.32 bits per heavy atom. The number of nitrogens with one attached hydrogen (secondary N) is 1. The Hall–Kier alpha value is -0.620. The molecule has 0 bridgehead atoms. The van der Waals surface area contributed by atoms with Crippen LogP contribution < -0.4 is 5.32 Å². The van der Waals surface area contributed by atoms with Crippen LogP contribution in [-0.2, 0) is 0 Å². The zero-order valence-electron chi connectivity index (χ0n) is 10.8. The van der Waals surface area contributed by atoms with Crippen molar-refractivity contribution in [1.82, 2.24) is 0 Å². The first-order chi connectivity index (χ1) is 8.99. The number of nitrogens with zero attached hydrogens (tertiary/aromatic N) is 1. The predicted molar refractivity (Wildman–Crippen MR) is 80.9 cm³/mol. The van der Waals surface area contributed by atoms with Crippen LogP contribution in [0.2, 0.25) is 0 Å². The molecule has 0 saturated heterocycles. The summed E-state index contributed by atoms with van der Waals surface area (Å²) in [5.41, 5.74) is 0.0483. The molecule has 0 aromatic heterocycles. The molecule has 104 valence electrons. The van der Waals surface area contributed by atoms with E-state index in [1.165, 1.54) is 0 Å². The van der Waals surface area contributed by atoms with Gasteiger partial charge < -0.3 is 5.32 Å². The summed E-state index contributed by atoms with van der Waals surface area (Å²) in [5.74, 6) is -0.116. The molecule has 1 aromatic rings. The van der Waals surface area contributed by atoms with Gasteiger partial charge in [-0.1, -0.05) is 25.6 Å². The van der Waals surface area contributed by atoms with E-state index in [0.717, 1.165) is 30.7 Å². The monoisotopic (exact) mass is 348 g/mol. The van der Waals surface area contributed by atoms with Crippen LogP contribution in [0, 0.1) is 11.6 Å². The highest BCUT2D eigenvalue weighted by molar-refractivity contribution is 9.10. The number of amidine groups is 1. The molecule has 2 nitrogen and oxygen atoms in total. The Bertz CT molecular complexity index is 516. The molecule has 0 spiro atoms. The predicted octanol–water partition coefficient (Wildman–Crippen LogP) is 4.80. The maximum absolute atomic E-state index is 13.7. The number of thioether (sulfide) groups is 1. The van der Waals surface area contributed by atoms with Crippen LogP contribution in [0.1, 0.15) is 26.7 Å². The highest BCUT2D eigenvalue weighted by atomic mass is 79.9. The van der Waals surface area contributed by atoms with E-state index in [-0.39, 0.29) is 15.7 Å². The quantitative estimate of drug-likeness (QED) is 0.793. The minimum atomic E-state index is -0.498. The Labute approximate surface area is 124 Å². The molecule has 6 heteroatoms. The van der Waals surface area contributed by atoms with Gasteiger partial charge >= 0.3 is 0 Å². The summed E-state index contributed by atoms with van der Waals surface area (Å²) in [6.45, 7) is 4.19. The summed E-state index contributed by atoms with van der Waals surface area (Å²) in [5, 5.41) is 3.53. The normalized spacial score (nSPS) is 17.4. The Kier molecular flexibility index (Phi) is 4.50. The van der Waals surface area contributed by atoms with Crippen molar-refractivity contribution in [1.29, 1.82) is 0 Å². The molecule has 19 heavy (non-hydrogen) atoms. The molecule has 1 heterocycles. The van der Waals surface area contributed by atoms with E-state index in [1.807, 2.05) is 0 Å². The second-order valence-corrected chi connectivity index (χ2v) is 6.33. The molecule has 1 aromatic carbocycles. The van der Waals surface area contributed by atoms with Crippen LogP contribution in [0.3, 0.4) is 0 Å². The third kappa shape index (κ3) is 3.11. The van der Waals surface area contributed by atoms with Crippen LogP contribution in [0.4, 0.5) is 14.5 Å². The molecule has 0 aliphatic carbocycles. The van der Waals surface area contributed by atoms with Gasteiger partial charge in [-0.15, -0.1) is 0 Å². The molecule has 0 unspecified atom stereocenters. The molecular weight excluding hydrogens is 334 g/mol. The van der Waals surface area contributed by atoms with E-state index in [0.29, 0.717) is 5.17 Å². The number of hydrogen-bond donors (Lipinski definition) is 1. The largest absolute Gasteiger partial charge is 0.332 e. The minimum Gasteiger partial charge on any atom is -0.332 e. The van der Waals surface area contributed by atoms with Crippen LogP contribution in [-0.4, -0.2) is 16.5 Å². The molecule has 0 atom stereocenters. The highest BCUT2D eigenvalue weighted by Gasteiger charge is 2.32. The van der Waals surface area contributed by atoms with Gasteiger partial charge in [0.05, 0.1) is 15.7 Å². The number of hydrogen-bond acceptors (Lipinski definition) is 3. The van der Waals surface area contributed by atoms with E-state index < -0.39 is 11.6 Å². The van der Waals surface area contributed by atoms with Crippen molar-refractivity contribution < 1.29 is 8.78 Å². The lowest BCUT2D eigenvalue weighted by Gasteiger charge is -2.20. The van der Waals surface area contributed by atoms with E-state index in [9.17, 15) is 8.78 Å². The van der Waals surface area contributed by atoms with Gasteiger partial charge in [0.1, 0.15) is 11.6 Å². The fraction of sp³-hybridized carbons (Fsp3) is 0.462. The molecule has 1 aliphatic rings. The van der Waals surface area contributed by atoms with Gasteiger partial charge in [-0.25, -0.2) is 8.78 Å². The average molecular weight is 349 g/mol. The summed E-state index contributed by atoms with van der Waals surface area (Å²) in [6.07, 6.45) is 1.89. The summed E-state index contributed by atoms with van der Waals surface area (Å²) < 4.78 is 27.3. The maximum atomic E-state index is 13.7. The number of aliphatic imine (C=N–C) groups is 1. The van der Waals surface area contributed by atoms with Crippen LogP contribution >= 0.6 is 27.7 Å². The van der Waals surface area contributed by atoms with Crippen molar-refractivity contribution in [3.05, 3.63) is 28.2 Å². The lowest BCUT2D eigenvalue weighted by molar-refractivity contribution is 0.456. The number of benzene rings is 1. The fourth-order valence-corrected chi connectivity index (χ4v) is 3.53. The minimum absolute atomic E-state index is 0.0720. The fourth-order valence-electron chi connectivity index (χ4n) is 1.89. The van der Waals surface area contributed by atoms with E-state index in [2.05, 4.69) is 40.1 Å². The zero-order chi connectivity index (χ0) is 14.0. The van der Waals surface area contributed by atoms with Gasteiger partial charge in [0.25, 0.3) is 0 Å².